The fraction of sp³-hybridized carbons (Fsp3) is 0.937. The molecule has 0 unspecified atom stereocenters. The molecule has 19 heteroatoms. The molecule has 0 aromatic heterocycles. The second-order valence-electron chi connectivity index (χ2n) is 21.6. The third-order valence-electron chi connectivity index (χ3n) is 13.9. The van der Waals surface area contributed by atoms with Crippen LogP contribution < -0.4 is 0 Å². The van der Waals surface area contributed by atoms with Crippen LogP contribution in [-0.4, -0.2) is 170 Å². The summed E-state index contributed by atoms with van der Waals surface area (Å²) >= 11 is 0. The van der Waals surface area contributed by atoms with Gasteiger partial charge >= 0.3 is 23.9 Å². The second-order valence-corrected chi connectivity index (χ2v) is 32.4. The minimum atomic E-state index is -0.192. The van der Waals surface area contributed by atoms with E-state index in [2.05, 4.69) is 49.4 Å². The molecule has 11 nitrogen and oxygen atoms in total. The first-order valence-electron chi connectivity index (χ1n) is 33.0. The average Bonchev–Trinajstić information content (AvgIpc) is 3.47. The van der Waals surface area contributed by atoms with Crippen LogP contribution in [0.15, 0.2) is 0 Å². The summed E-state index contributed by atoms with van der Waals surface area (Å²) in [5.74, 6) is 6.95. The zero-order chi connectivity index (χ0) is 59.7. The molecule has 0 saturated heterocycles. The first kappa shape index (κ1) is 82.6. The van der Waals surface area contributed by atoms with Gasteiger partial charge in [0, 0.05) is 72.2 Å². The maximum Gasteiger partial charge on any atom is 0.307 e. The van der Waals surface area contributed by atoms with Crippen LogP contribution in [0.4, 0.5) is 0 Å². The summed E-state index contributed by atoms with van der Waals surface area (Å²) in [4.78, 5) is 58.2. The van der Waals surface area contributed by atoms with Gasteiger partial charge in [0.05, 0.1) is 25.7 Å². The van der Waals surface area contributed by atoms with Crippen molar-refractivity contribution in [3.05, 3.63) is 0 Å². The van der Waals surface area contributed by atoms with Crippen molar-refractivity contribution in [1.29, 1.82) is 0 Å². The van der Waals surface area contributed by atoms with Crippen LogP contribution in [0.25, 0.3) is 0 Å². The maximum absolute atomic E-state index is 12.9. The quantitative estimate of drug-likeness (QED) is 0.0249. The van der Waals surface area contributed by atoms with E-state index in [1.807, 2.05) is 43.2 Å². The van der Waals surface area contributed by atoms with Crippen LogP contribution in [0.5, 0.6) is 0 Å². The van der Waals surface area contributed by atoms with Gasteiger partial charge in [0.15, 0.2) is 0 Å². The number of hydrogen-bond donors (Lipinski definition) is 0. The van der Waals surface area contributed by atoms with Crippen LogP contribution in [-0.2, 0) is 38.1 Å². The van der Waals surface area contributed by atoms with Gasteiger partial charge in [-0.1, -0.05) is 268 Å². The van der Waals surface area contributed by atoms with Gasteiger partial charge in [0.1, 0.15) is 26.4 Å². The number of carbonyl (C=O) groups excluding carboxylic acids is 4. The average molecular weight is 1310 g/mol. The van der Waals surface area contributed by atoms with Gasteiger partial charge in [0.25, 0.3) is 0 Å². The first-order chi connectivity index (χ1) is 40.2. The number of unbranched alkanes of at least 4 members (excludes halogenated alkanes) is 24. The van der Waals surface area contributed by atoms with E-state index >= 15 is 0 Å². The Bertz CT molecular complexity index is 1350. The van der Waals surface area contributed by atoms with E-state index in [0.717, 1.165) is 85.0 Å². The fourth-order valence-electron chi connectivity index (χ4n) is 8.90. The van der Waals surface area contributed by atoms with Crippen molar-refractivity contribution in [2.45, 2.75) is 246 Å². The minimum Gasteiger partial charge on any atom is -0.465 e. The maximum atomic E-state index is 12.9. The van der Waals surface area contributed by atoms with Crippen molar-refractivity contribution in [1.82, 2.24) is 14.7 Å². The van der Waals surface area contributed by atoms with Crippen LogP contribution in [0.3, 0.4) is 0 Å². The zero-order valence-corrected chi connectivity index (χ0v) is 59.6. The Morgan fingerprint density at radius 2 is 0.463 bits per heavy atom. The normalized spacial score (nSPS) is 11.6. The molecule has 0 aliphatic rings. The molecule has 0 radical (unpaired) electrons. The van der Waals surface area contributed by atoms with E-state index in [9.17, 15) is 19.2 Å². The van der Waals surface area contributed by atoms with Gasteiger partial charge in [-0.2, -0.15) is 0 Å². The van der Waals surface area contributed by atoms with Crippen molar-refractivity contribution in [2.75, 3.05) is 132 Å². The zero-order valence-electron chi connectivity index (χ0n) is 53.1. The van der Waals surface area contributed by atoms with Crippen LogP contribution in [0.2, 0.25) is 0 Å². The lowest BCUT2D eigenvalue weighted by Crippen LogP contribution is -2.34. The molecule has 82 heavy (non-hydrogen) atoms. The molecule has 0 atom stereocenters. The lowest BCUT2D eigenvalue weighted by Gasteiger charge is -2.25. The molecule has 0 aliphatic heterocycles. The molecule has 0 aromatic carbocycles. The van der Waals surface area contributed by atoms with Crippen LogP contribution >= 0.6 is 86.4 Å². The summed E-state index contributed by atoms with van der Waals surface area (Å²) in [6.07, 6.45) is 39.8. The summed E-state index contributed by atoms with van der Waals surface area (Å²) in [5.41, 5.74) is 0. The summed E-state index contributed by atoms with van der Waals surface area (Å²) in [6, 6.07) is 0. The van der Waals surface area contributed by atoms with E-state index < -0.39 is 0 Å². The summed E-state index contributed by atoms with van der Waals surface area (Å²) in [7, 11) is 16.8. The number of hydrogen-bond acceptors (Lipinski definition) is 19. The Kier molecular flexibility index (Phi) is 69.5. The highest BCUT2D eigenvalue weighted by Crippen LogP contribution is 2.26. The summed E-state index contributed by atoms with van der Waals surface area (Å²) < 4.78 is 22.5. The third-order valence-corrected chi connectivity index (χ3v) is 23.8. The van der Waals surface area contributed by atoms with E-state index in [4.69, 9.17) is 18.9 Å². The number of ether oxygens (including phenoxy) is 4. The molecule has 0 heterocycles. The van der Waals surface area contributed by atoms with Crippen molar-refractivity contribution in [3.63, 3.8) is 0 Å². The van der Waals surface area contributed by atoms with Crippen LogP contribution in [0.1, 0.15) is 246 Å². The first-order valence-corrected chi connectivity index (χ1v) is 42.9. The SMILES string of the molecule is CCCCCCCCCCCCSSCCOC(=O)CCN(CCCN(C)CCCN(CCC(=O)OCCSSCCCCCCCC)CCC(=O)OCCSSCCCCCCCC)CCC(=O)OCCSSCCCCCCCC. The molecule has 486 valence electrons. The smallest absolute Gasteiger partial charge is 0.307 e. The van der Waals surface area contributed by atoms with Crippen molar-refractivity contribution < 1.29 is 38.1 Å². The van der Waals surface area contributed by atoms with E-state index in [1.54, 1.807) is 43.2 Å². The molecule has 0 spiro atoms. The predicted octanol–water partition coefficient (Wildman–Crippen LogP) is 18.6. The molecule has 0 amide bonds. The van der Waals surface area contributed by atoms with Crippen molar-refractivity contribution >= 4 is 110 Å². The van der Waals surface area contributed by atoms with Gasteiger partial charge in [-0.3, -0.25) is 19.2 Å². The van der Waals surface area contributed by atoms with Crippen molar-refractivity contribution in [2.24, 2.45) is 0 Å². The Morgan fingerprint density at radius 3 is 0.695 bits per heavy atom. The molecular weight excluding hydrogens is 1180 g/mol. The van der Waals surface area contributed by atoms with Gasteiger partial charge in [-0.15, -0.1) is 0 Å². The number of esters is 4. The highest BCUT2D eigenvalue weighted by atomic mass is 33.1. The Hall–Kier alpha value is 0.560. The van der Waals surface area contributed by atoms with Gasteiger partial charge < -0.3 is 33.6 Å². The molecule has 0 fully saturated rings. The van der Waals surface area contributed by atoms with E-state index in [0.29, 0.717) is 78.3 Å². The van der Waals surface area contributed by atoms with E-state index in [1.165, 1.54) is 180 Å². The Morgan fingerprint density at radius 1 is 0.256 bits per heavy atom. The summed E-state index contributed by atoms with van der Waals surface area (Å²) in [6.45, 7) is 16.1. The topological polar surface area (TPSA) is 115 Å². The molecule has 0 aromatic rings. The van der Waals surface area contributed by atoms with E-state index in [-0.39, 0.29) is 23.9 Å². The molecule has 0 saturated carbocycles. The second kappa shape index (κ2) is 69.0. The predicted molar refractivity (Wildman–Crippen MR) is 374 cm³/mol. The third kappa shape index (κ3) is 65.0. The number of rotatable bonds is 68. The minimum absolute atomic E-state index is 0.189. The molecule has 0 bridgehead atoms. The molecule has 0 rings (SSSR count). The van der Waals surface area contributed by atoms with Gasteiger partial charge in [-0.25, -0.2) is 0 Å². The Labute approximate surface area is 536 Å². The van der Waals surface area contributed by atoms with Crippen molar-refractivity contribution in [3.8, 4) is 0 Å². The summed E-state index contributed by atoms with van der Waals surface area (Å²) in [5, 5.41) is 0. The standard InChI is InChI=1S/C63H123N3O8S8/c1-6-10-14-18-22-23-24-25-29-33-55-78-82-59-51-74-63(70)39-47-66(46-38-62(69)73-50-58-81-77-54-32-28-21-17-13-9-4)43-35-41-64(5)40-34-42-65(44-36-60(67)71-48-56-79-75-52-30-26-19-15-11-7-2)45-37-61(68)72-49-57-80-76-53-31-27-20-16-12-8-3/h6-59H2,1-5H3. The van der Waals surface area contributed by atoms with Crippen LogP contribution in [0, 0.1) is 0 Å². The number of nitrogens with zero attached hydrogens (tertiary/aromatic N) is 3. The molecule has 0 aliphatic carbocycles. The van der Waals surface area contributed by atoms with Gasteiger partial charge in [-0.05, 0) is 71.8 Å². The lowest BCUT2D eigenvalue weighted by atomic mass is 10.1. The lowest BCUT2D eigenvalue weighted by molar-refractivity contribution is -0.145. The molecular formula is C63H123N3O8S8. The monoisotopic (exact) mass is 1310 g/mol. The fourth-order valence-corrected chi connectivity index (χ4v) is 16.8. The highest BCUT2D eigenvalue weighted by Gasteiger charge is 2.16. The number of carbonyl (C=O) groups is 4. The highest BCUT2D eigenvalue weighted by molar-refractivity contribution is 8.77. The Balaban J connectivity index is 5.04. The largest absolute Gasteiger partial charge is 0.465 e. The molecule has 0 N–H and O–H groups in total. The van der Waals surface area contributed by atoms with Gasteiger partial charge in [0.2, 0.25) is 0 Å².